The highest BCUT2D eigenvalue weighted by atomic mass is 79.9. The number of esters is 1. The van der Waals surface area contributed by atoms with Gasteiger partial charge >= 0.3 is 17.6 Å². The first-order valence-electron chi connectivity index (χ1n) is 7.65. The standard InChI is InChI=1S/C15H17BrN2O8/c16-4-3-8-6-18(15(24)17-14(8)23)11-5-9(10(7-19)25-11)26-13(22)2-1-12(20)21/h3-4,6,9-11,19H,1-2,5,7H2,(H,20,21)(H,17,23,24)/t9-,10+,11+/m0/s1. The Morgan fingerprint density at radius 3 is 2.77 bits per heavy atom. The van der Waals surface area contributed by atoms with Gasteiger partial charge in [-0.2, -0.15) is 0 Å². The highest BCUT2D eigenvalue weighted by Crippen LogP contribution is 2.30. The summed E-state index contributed by atoms with van der Waals surface area (Å²) in [5.41, 5.74) is -1.08. The third-order valence-electron chi connectivity index (χ3n) is 3.73. The molecule has 0 radical (unpaired) electrons. The number of aliphatic hydroxyl groups is 1. The maximum Gasteiger partial charge on any atom is 0.330 e. The second-order valence-corrected chi connectivity index (χ2v) is 6.04. The number of ether oxygens (including phenoxy) is 2. The number of hydrogen-bond acceptors (Lipinski definition) is 7. The fourth-order valence-electron chi connectivity index (χ4n) is 2.50. The Hall–Kier alpha value is -2.24. The van der Waals surface area contributed by atoms with Gasteiger partial charge in [0, 0.05) is 12.6 Å². The third kappa shape index (κ3) is 4.90. The molecule has 0 aliphatic carbocycles. The topological polar surface area (TPSA) is 148 Å². The van der Waals surface area contributed by atoms with Gasteiger partial charge in [0.05, 0.1) is 25.0 Å². The Balaban J connectivity index is 2.17. The van der Waals surface area contributed by atoms with Crippen LogP contribution in [0.3, 0.4) is 0 Å². The van der Waals surface area contributed by atoms with Gasteiger partial charge in [-0.1, -0.05) is 15.9 Å². The van der Waals surface area contributed by atoms with Crippen molar-refractivity contribution in [1.29, 1.82) is 0 Å². The number of aliphatic hydroxyl groups excluding tert-OH is 1. The van der Waals surface area contributed by atoms with Gasteiger partial charge in [0.25, 0.3) is 5.56 Å². The molecule has 0 spiro atoms. The van der Waals surface area contributed by atoms with E-state index in [1.165, 1.54) is 17.3 Å². The molecule has 1 saturated heterocycles. The predicted molar refractivity (Wildman–Crippen MR) is 91.6 cm³/mol. The molecule has 1 aromatic heterocycles. The Bertz CT molecular complexity index is 815. The number of carbonyl (C=O) groups excluding carboxylic acids is 1. The van der Waals surface area contributed by atoms with Crippen LogP contribution in [0.4, 0.5) is 0 Å². The van der Waals surface area contributed by atoms with Crippen LogP contribution in [0.25, 0.3) is 6.08 Å². The van der Waals surface area contributed by atoms with Crippen molar-refractivity contribution in [2.45, 2.75) is 37.7 Å². The Morgan fingerprint density at radius 1 is 1.42 bits per heavy atom. The Labute approximate surface area is 155 Å². The van der Waals surface area contributed by atoms with Crippen LogP contribution in [0.5, 0.6) is 0 Å². The van der Waals surface area contributed by atoms with Crippen molar-refractivity contribution >= 4 is 33.9 Å². The van der Waals surface area contributed by atoms with E-state index in [0.29, 0.717) is 0 Å². The van der Waals surface area contributed by atoms with Crippen LogP contribution in [0.15, 0.2) is 20.8 Å². The minimum absolute atomic E-state index is 0.0630. The highest BCUT2D eigenvalue weighted by molar-refractivity contribution is 9.11. The maximum absolute atomic E-state index is 12.0. The first-order valence-corrected chi connectivity index (χ1v) is 8.57. The summed E-state index contributed by atoms with van der Waals surface area (Å²) in [4.78, 5) is 49.6. The molecular formula is C15H17BrN2O8. The summed E-state index contributed by atoms with van der Waals surface area (Å²) < 4.78 is 11.8. The van der Waals surface area contributed by atoms with Gasteiger partial charge < -0.3 is 19.7 Å². The van der Waals surface area contributed by atoms with Crippen molar-refractivity contribution in [3.05, 3.63) is 37.6 Å². The molecule has 142 valence electrons. The first kappa shape index (κ1) is 20.1. The molecule has 1 aliphatic rings. The number of nitrogens with zero attached hydrogens (tertiary/aromatic N) is 1. The zero-order valence-electron chi connectivity index (χ0n) is 13.5. The molecule has 0 amide bonds. The van der Waals surface area contributed by atoms with Crippen LogP contribution in [0.1, 0.15) is 31.1 Å². The summed E-state index contributed by atoms with van der Waals surface area (Å²) in [7, 11) is 0. The predicted octanol–water partition coefficient (Wildman–Crippen LogP) is -0.0414. The minimum atomic E-state index is -1.13. The van der Waals surface area contributed by atoms with E-state index in [1.807, 2.05) is 0 Å². The molecule has 1 aliphatic heterocycles. The van der Waals surface area contributed by atoms with Gasteiger partial charge in [-0.15, -0.1) is 0 Å². The molecule has 2 heterocycles. The monoisotopic (exact) mass is 432 g/mol. The highest BCUT2D eigenvalue weighted by Gasteiger charge is 2.39. The van der Waals surface area contributed by atoms with Crippen molar-refractivity contribution in [3.63, 3.8) is 0 Å². The lowest BCUT2D eigenvalue weighted by molar-refractivity contribution is -0.155. The average molecular weight is 433 g/mol. The molecule has 1 aromatic rings. The van der Waals surface area contributed by atoms with E-state index in [4.69, 9.17) is 14.6 Å². The van der Waals surface area contributed by atoms with Crippen molar-refractivity contribution in [3.8, 4) is 0 Å². The molecule has 0 saturated carbocycles. The first-order chi connectivity index (χ1) is 12.3. The molecule has 3 atom stereocenters. The maximum atomic E-state index is 12.0. The van der Waals surface area contributed by atoms with E-state index >= 15 is 0 Å². The fourth-order valence-corrected chi connectivity index (χ4v) is 2.78. The zero-order valence-corrected chi connectivity index (χ0v) is 15.0. The molecule has 11 heteroatoms. The number of halogens is 1. The number of aliphatic carboxylic acids is 1. The fraction of sp³-hybridized carbons (Fsp3) is 0.467. The third-order valence-corrected chi connectivity index (χ3v) is 4.00. The minimum Gasteiger partial charge on any atom is -0.481 e. The largest absolute Gasteiger partial charge is 0.481 e. The molecule has 26 heavy (non-hydrogen) atoms. The molecule has 0 aromatic carbocycles. The molecule has 0 bridgehead atoms. The average Bonchev–Trinajstić information content (AvgIpc) is 2.98. The summed E-state index contributed by atoms with van der Waals surface area (Å²) in [6.45, 7) is -0.459. The zero-order chi connectivity index (χ0) is 19.3. The number of carboxylic acids is 1. The van der Waals surface area contributed by atoms with Crippen LogP contribution in [0.2, 0.25) is 0 Å². The summed E-state index contributed by atoms with van der Waals surface area (Å²) in [6, 6.07) is 0. The van der Waals surface area contributed by atoms with Gasteiger partial charge in [-0.05, 0) is 11.1 Å². The van der Waals surface area contributed by atoms with Crippen molar-refractivity contribution in [2.24, 2.45) is 0 Å². The number of hydrogen-bond donors (Lipinski definition) is 3. The smallest absolute Gasteiger partial charge is 0.330 e. The van der Waals surface area contributed by atoms with E-state index in [9.17, 15) is 24.3 Å². The normalized spacial score (nSPS) is 22.6. The van der Waals surface area contributed by atoms with Crippen LogP contribution >= 0.6 is 15.9 Å². The number of H-pyrrole nitrogens is 1. The summed E-state index contributed by atoms with van der Waals surface area (Å²) >= 11 is 3.04. The van der Waals surface area contributed by atoms with Crippen molar-refractivity contribution in [1.82, 2.24) is 9.55 Å². The molecule has 2 rings (SSSR count). The van der Waals surface area contributed by atoms with Gasteiger partial charge in [0.1, 0.15) is 18.4 Å². The van der Waals surface area contributed by atoms with E-state index in [1.54, 1.807) is 0 Å². The Kier molecular flexibility index (Phi) is 6.89. The molecule has 0 unspecified atom stereocenters. The van der Waals surface area contributed by atoms with Gasteiger partial charge in [0.2, 0.25) is 0 Å². The van der Waals surface area contributed by atoms with Crippen LogP contribution < -0.4 is 11.2 Å². The number of carboxylic acid groups (broad SMARTS) is 1. The second kappa shape index (κ2) is 8.92. The molecule has 10 nitrogen and oxygen atoms in total. The summed E-state index contributed by atoms with van der Waals surface area (Å²) in [5, 5.41) is 18.0. The summed E-state index contributed by atoms with van der Waals surface area (Å²) in [5.74, 6) is -1.87. The number of aromatic nitrogens is 2. The lowest BCUT2D eigenvalue weighted by Gasteiger charge is -2.16. The lowest BCUT2D eigenvalue weighted by atomic mass is 10.2. The number of rotatable bonds is 7. The van der Waals surface area contributed by atoms with E-state index in [-0.39, 0.29) is 24.8 Å². The molecule has 3 N–H and O–H groups in total. The SMILES string of the molecule is O=C(O)CCC(=O)O[C@H]1C[C@H](n2cc(C=CBr)c(=O)[nH]c2=O)O[C@@H]1CO. The van der Waals surface area contributed by atoms with Gasteiger partial charge in [-0.25, -0.2) is 4.79 Å². The van der Waals surface area contributed by atoms with Gasteiger partial charge in [0.15, 0.2) is 0 Å². The van der Waals surface area contributed by atoms with Crippen LogP contribution in [-0.4, -0.2) is 50.5 Å². The molecular weight excluding hydrogens is 416 g/mol. The van der Waals surface area contributed by atoms with Crippen LogP contribution in [-0.2, 0) is 19.1 Å². The van der Waals surface area contributed by atoms with Crippen LogP contribution in [0, 0.1) is 0 Å². The molecule has 1 fully saturated rings. The van der Waals surface area contributed by atoms with Crippen molar-refractivity contribution in [2.75, 3.05) is 6.61 Å². The van der Waals surface area contributed by atoms with E-state index in [0.717, 1.165) is 4.57 Å². The number of carbonyl (C=O) groups is 2. The lowest BCUT2D eigenvalue weighted by Crippen LogP contribution is -2.33. The number of aromatic amines is 1. The second-order valence-electron chi connectivity index (χ2n) is 5.51. The summed E-state index contributed by atoms with van der Waals surface area (Å²) in [6.07, 6.45) is -0.467. The quantitative estimate of drug-likeness (QED) is 0.508. The van der Waals surface area contributed by atoms with Gasteiger partial charge in [-0.3, -0.25) is 23.9 Å². The Morgan fingerprint density at radius 2 is 2.15 bits per heavy atom. The van der Waals surface area contributed by atoms with E-state index in [2.05, 4.69) is 20.9 Å². The number of nitrogens with one attached hydrogen (secondary N) is 1. The van der Waals surface area contributed by atoms with Crippen molar-refractivity contribution < 1.29 is 29.3 Å². The van der Waals surface area contributed by atoms with E-state index < -0.39 is 48.2 Å².